The third-order valence-electron chi connectivity index (χ3n) is 11.2. The van der Waals surface area contributed by atoms with Crippen molar-refractivity contribution in [2.75, 3.05) is 0 Å². The van der Waals surface area contributed by atoms with Crippen LogP contribution in [0.3, 0.4) is 0 Å². The van der Waals surface area contributed by atoms with Crippen molar-refractivity contribution in [1.29, 1.82) is 0 Å². The molecule has 0 unspecified atom stereocenters. The fourth-order valence-electron chi connectivity index (χ4n) is 8.62. The normalized spacial score (nSPS) is 11.9. The zero-order valence-electron chi connectivity index (χ0n) is 32.8. The van der Waals surface area contributed by atoms with Gasteiger partial charge in [0.1, 0.15) is 11.5 Å². The van der Waals surface area contributed by atoms with Gasteiger partial charge in [-0.25, -0.2) is 4.98 Å². The average molecular weight is 919 g/mol. The molecule has 5 nitrogen and oxygen atoms in total. The summed E-state index contributed by atoms with van der Waals surface area (Å²) in [4.78, 5) is 4.92. The van der Waals surface area contributed by atoms with E-state index >= 15 is 0 Å². The summed E-state index contributed by atoms with van der Waals surface area (Å²) in [5.74, 6) is 0.885. The zero-order valence-corrected chi connectivity index (χ0v) is 35.1. The second kappa shape index (κ2) is 13.9. The standard InChI is InChI=1S/C51H41N5.Pt/c1-32-26-33(2)49(34(3)27-32)43-31-54(53-50(43)35-14-8-7-9-15-35)37-20-22-41-39-16-10-12-18-44(39)55(46(41)29-37)38-21-23-42-40-17-11-13-19-45(40)56(47(42)30-38)48-28-36(24-25-52-48)51(4,5)6;/h7-28,31H,1-6H3;/q-2;+2. The Balaban J connectivity index is 0.00000422. The molecule has 0 N–H and O–H groups in total. The van der Waals surface area contributed by atoms with Gasteiger partial charge in [0.05, 0.1) is 0 Å². The first kappa shape index (κ1) is 36.6. The van der Waals surface area contributed by atoms with Gasteiger partial charge in [0, 0.05) is 34.6 Å². The van der Waals surface area contributed by atoms with Crippen LogP contribution in [0.25, 0.3) is 83.2 Å². The molecule has 0 bridgehead atoms. The van der Waals surface area contributed by atoms with Gasteiger partial charge in [0.25, 0.3) is 0 Å². The fraction of sp³-hybridized carbons (Fsp3) is 0.137. The van der Waals surface area contributed by atoms with Gasteiger partial charge in [-0.15, -0.1) is 35.0 Å². The van der Waals surface area contributed by atoms with Crippen molar-refractivity contribution in [3.63, 3.8) is 0 Å². The molecule has 0 saturated carbocycles. The minimum Gasteiger partial charge on any atom is -0.358 e. The van der Waals surface area contributed by atoms with Crippen LogP contribution in [0.1, 0.15) is 43.0 Å². The molecule has 10 rings (SSSR count). The van der Waals surface area contributed by atoms with Crippen LogP contribution in [0.5, 0.6) is 0 Å². The number of rotatable bonds is 5. The number of hydrogen-bond donors (Lipinski definition) is 0. The van der Waals surface area contributed by atoms with Crippen molar-refractivity contribution in [1.82, 2.24) is 23.9 Å². The molecule has 6 aromatic carbocycles. The molecule has 6 heteroatoms. The average Bonchev–Trinajstić information content (AvgIpc) is 3.88. The maximum Gasteiger partial charge on any atom is 2.00 e. The third kappa shape index (κ3) is 6.04. The molecule has 0 spiro atoms. The van der Waals surface area contributed by atoms with Crippen molar-refractivity contribution in [3.8, 4) is 39.6 Å². The summed E-state index contributed by atoms with van der Waals surface area (Å²) < 4.78 is 6.56. The molecule has 0 fully saturated rings. The molecule has 0 saturated heterocycles. The zero-order chi connectivity index (χ0) is 38.3. The maximum atomic E-state index is 5.29. The number of benzene rings is 6. The smallest absolute Gasteiger partial charge is 0.358 e. The molecule has 0 aliphatic rings. The van der Waals surface area contributed by atoms with E-state index in [1.165, 1.54) is 33.2 Å². The van der Waals surface area contributed by atoms with E-state index in [4.69, 9.17) is 10.1 Å². The van der Waals surface area contributed by atoms with Gasteiger partial charge in [-0.3, -0.25) is 4.68 Å². The van der Waals surface area contributed by atoms with Crippen LogP contribution in [-0.2, 0) is 26.5 Å². The van der Waals surface area contributed by atoms with Crippen LogP contribution in [0.4, 0.5) is 0 Å². The van der Waals surface area contributed by atoms with E-state index in [1.807, 2.05) is 10.9 Å². The first-order valence-corrected chi connectivity index (χ1v) is 19.3. The van der Waals surface area contributed by atoms with Crippen LogP contribution in [-0.4, -0.2) is 23.9 Å². The first-order chi connectivity index (χ1) is 27.1. The summed E-state index contributed by atoms with van der Waals surface area (Å²) >= 11 is 0. The predicted octanol–water partition coefficient (Wildman–Crippen LogP) is 12.6. The van der Waals surface area contributed by atoms with E-state index in [1.54, 1.807) is 0 Å². The molecular weight excluding hydrogens is 878 g/mol. The summed E-state index contributed by atoms with van der Waals surface area (Å²) in [5.41, 5.74) is 15.3. The quantitative estimate of drug-likeness (QED) is 0.161. The van der Waals surface area contributed by atoms with E-state index < -0.39 is 0 Å². The van der Waals surface area contributed by atoms with Gasteiger partial charge in [0.15, 0.2) is 0 Å². The number of hydrogen-bond acceptors (Lipinski definition) is 2. The Kier molecular flexibility index (Phi) is 8.90. The van der Waals surface area contributed by atoms with Crippen molar-refractivity contribution in [3.05, 3.63) is 174 Å². The summed E-state index contributed by atoms with van der Waals surface area (Å²) in [6.07, 6.45) is 4.10. The van der Waals surface area contributed by atoms with Crippen LogP contribution >= 0.6 is 0 Å². The number of aryl methyl sites for hydroxylation is 3. The summed E-state index contributed by atoms with van der Waals surface area (Å²) in [5, 5.41) is 9.88. The van der Waals surface area contributed by atoms with Crippen LogP contribution in [0.15, 0.2) is 140 Å². The van der Waals surface area contributed by atoms with Crippen LogP contribution in [0.2, 0.25) is 0 Å². The molecular formula is C51H41N5Pt. The third-order valence-corrected chi connectivity index (χ3v) is 11.2. The Bertz CT molecular complexity index is 3130. The van der Waals surface area contributed by atoms with Gasteiger partial charge < -0.3 is 9.13 Å². The number of nitrogens with zero attached hydrogens (tertiary/aromatic N) is 5. The molecule has 0 radical (unpaired) electrons. The number of aromatic nitrogens is 5. The molecule has 280 valence electrons. The van der Waals surface area contributed by atoms with E-state index in [-0.39, 0.29) is 26.5 Å². The molecule has 0 amide bonds. The van der Waals surface area contributed by atoms with Crippen molar-refractivity contribution < 1.29 is 21.1 Å². The Morgan fingerprint density at radius 1 is 0.579 bits per heavy atom. The second-order valence-electron chi connectivity index (χ2n) is 16.0. The van der Waals surface area contributed by atoms with Gasteiger partial charge in [-0.05, 0) is 89.2 Å². The van der Waals surface area contributed by atoms with Gasteiger partial charge >= 0.3 is 21.1 Å². The van der Waals surface area contributed by atoms with E-state index in [0.29, 0.717) is 0 Å². The predicted molar refractivity (Wildman–Crippen MR) is 231 cm³/mol. The molecule has 0 aliphatic heterocycles. The molecule has 4 aromatic heterocycles. The topological polar surface area (TPSA) is 40.6 Å². The van der Waals surface area contributed by atoms with Crippen LogP contribution < -0.4 is 0 Å². The summed E-state index contributed by atoms with van der Waals surface area (Å²) in [6.45, 7) is 13.3. The minimum absolute atomic E-state index is 0. The number of pyridine rings is 1. The van der Waals surface area contributed by atoms with E-state index in [0.717, 1.165) is 72.2 Å². The van der Waals surface area contributed by atoms with E-state index in [2.05, 4.69) is 196 Å². The molecule has 4 heterocycles. The second-order valence-corrected chi connectivity index (χ2v) is 16.0. The summed E-state index contributed by atoms with van der Waals surface area (Å²) in [6, 6.07) is 53.0. The maximum absolute atomic E-state index is 5.29. The first-order valence-electron chi connectivity index (χ1n) is 19.3. The molecule has 0 aliphatic carbocycles. The monoisotopic (exact) mass is 918 g/mol. The SMILES string of the molecule is Cc1cc(C)c(-c2cn(-c3[c-]c4c(cc3)c3ccccc3n4-c3[c-]c4c(cc3)c3ccccc3n4-c3cc(C(C)(C)C)ccn3)nc2-c2ccccc2)c(C)c1.[Pt+2]. The molecule has 10 aromatic rings. The Hall–Kier alpha value is -6.03. The summed E-state index contributed by atoms with van der Waals surface area (Å²) in [7, 11) is 0. The van der Waals surface area contributed by atoms with E-state index in [9.17, 15) is 0 Å². The number of fused-ring (bicyclic) bond motifs is 6. The Morgan fingerprint density at radius 2 is 1.16 bits per heavy atom. The van der Waals surface area contributed by atoms with Gasteiger partial charge in [-0.1, -0.05) is 122 Å². The van der Waals surface area contributed by atoms with Gasteiger partial charge in [0.2, 0.25) is 0 Å². The molecule has 0 atom stereocenters. The largest absolute Gasteiger partial charge is 2.00 e. The number of para-hydroxylation sites is 2. The Labute approximate surface area is 347 Å². The Morgan fingerprint density at radius 3 is 1.82 bits per heavy atom. The van der Waals surface area contributed by atoms with Crippen molar-refractivity contribution in [2.45, 2.75) is 47.0 Å². The molecule has 57 heavy (non-hydrogen) atoms. The fourth-order valence-corrected chi connectivity index (χ4v) is 8.62. The van der Waals surface area contributed by atoms with Gasteiger partial charge in [-0.2, -0.15) is 17.2 Å². The van der Waals surface area contributed by atoms with Crippen molar-refractivity contribution >= 4 is 43.6 Å². The van der Waals surface area contributed by atoms with Crippen LogP contribution in [0, 0.1) is 32.9 Å². The minimum atomic E-state index is -0.0170. The van der Waals surface area contributed by atoms with Crippen molar-refractivity contribution in [2.24, 2.45) is 0 Å².